The molecular formula is C36H53FN2. The third-order valence-electron chi connectivity index (χ3n) is 8.85. The molecule has 1 aliphatic carbocycles. The largest absolute Gasteiger partial charge is 0.371 e. The van der Waals surface area contributed by atoms with Crippen molar-refractivity contribution in [2.75, 3.05) is 7.05 Å². The van der Waals surface area contributed by atoms with Crippen LogP contribution in [0, 0.1) is 18.8 Å². The van der Waals surface area contributed by atoms with Gasteiger partial charge in [0.05, 0.1) is 5.69 Å². The molecule has 1 unspecified atom stereocenters. The van der Waals surface area contributed by atoms with Gasteiger partial charge in [0, 0.05) is 24.5 Å². The number of aliphatic imine (C=N–C) groups is 1. The number of benzene rings is 1. The molecule has 1 aromatic carbocycles. The number of aryl methyl sites for hydroxylation is 1. The van der Waals surface area contributed by atoms with E-state index >= 15 is 0 Å². The summed E-state index contributed by atoms with van der Waals surface area (Å²) in [7, 11) is 2.21. The second-order valence-electron chi connectivity index (χ2n) is 11.6. The Morgan fingerprint density at radius 3 is 2.26 bits per heavy atom. The number of halogens is 1. The zero-order valence-electron chi connectivity index (χ0n) is 26.4. The van der Waals surface area contributed by atoms with Gasteiger partial charge in [0.1, 0.15) is 6.17 Å². The Bertz CT molecular complexity index is 1160. The number of alkyl halides is 1. The molecule has 0 spiro atoms. The highest BCUT2D eigenvalue weighted by Gasteiger charge is 2.37. The van der Waals surface area contributed by atoms with Gasteiger partial charge in [-0.15, -0.1) is 0 Å². The Balaban J connectivity index is 2.49. The van der Waals surface area contributed by atoms with Gasteiger partial charge in [-0.1, -0.05) is 65.0 Å². The molecule has 1 fully saturated rings. The Kier molecular flexibility index (Phi) is 12.2. The van der Waals surface area contributed by atoms with Crippen molar-refractivity contribution in [3.05, 3.63) is 82.5 Å². The molecule has 1 aromatic rings. The Morgan fingerprint density at radius 2 is 1.77 bits per heavy atom. The number of rotatable bonds is 13. The summed E-state index contributed by atoms with van der Waals surface area (Å²) < 4.78 is 13.6. The maximum absolute atomic E-state index is 13.6. The average Bonchev–Trinajstić information content (AvgIpc) is 2.88. The topological polar surface area (TPSA) is 15.6 Å². The molecule has 0 N–H and O–H groups in total. The average molecular weight is 533 g/mol. The molecule has 0 radical (unpaired) electrons. The minimum atomic E-state index is -0.965. The SMILES string of the molecule is C=C(C)C(=C\C=C(/C)C(C)F)/C=C(C)/C(CC)=N/c1cc(C(=C)N(C)[C@@H]2CC[C@@H]2[C@@H](C)CC)cc(CC)c1C. The monoisotopic (exact) mass is 532 g/mol. The molecule has 0 aliphatic heterocycles. The number of hydrogen-bond donors (Lipinski definition) is 0. The first-order valence-corrected chi connectivity index (χ1v) is 14.9. The highest BCUT2D eigenvalue weighted by Crippen LogP contribution is 2.41. The maximum Gasteiger partial charge on any atom is 0.118 e. The van der Waals surface area contributed by atoms with E-state index in [0.717, 1.165) is 64.1 Å². The summed E-state index contributed by atoms with van der Waals surface area (Å²) in [4.78, 5) is 7.63. The van der Waals surface area contributed by atoms with Crippen LogP contribution in [0.15, 0.2) is 70.8 Å². The Labute approximate surface area is 239 Å². The van der Waals surface area contributed by atoms with Crippen molar-refractivity contribution in [3.8, 4) is 0 Å². The van der Waals surface area contributed by atoms with E-state index in [1.165, 1.54) is 30.4 Å². The first kappa shape index (κ1) is 32.5. The predicted molar refractivity (Wildman–Crippen MR) is 172 cm³/mol. The van der Waals surface area contributed by atoms with Crippen molar-refractivity contribution in [2.45, 2.75) is 107 Å². The summed E-state index contributed by atoms with van der Waals surface area (Å²) in [5, 5.41) is 0. The smallest absolute Gasteiger partial charge is 0.118 e. The van der Waals surface area contributed by atoms with E-state index in [1.807, 2.05) is 26.0 Å². The lowest BCUT2D eigenvalue weighted by Gasteiger charge is -2.47. The van der Waals surface area contributed by atoms with Gasteiger partial charge in [-0.2, -0.15) is 0 Å². The van der Waals surface area contributed by atoms with Crippen molar-refractivity contribution in [1.29, 1.82) is 0 Å². The number of hydrogen-bond acceptors (Lipinski definition) is 2. The van der Waals surface area contributed by atoms with Crippen LogP contribution in [0.1, 0.15) is 97.8 Å². The fourth-order valence-corrected chi connectivity index (χ4v) is 5.34. The molecule has 214 valence electrons. The third-order valence-corrected chi connectivity index (χ3v) is 8.85. The summed E-state index contributed by atoms with van der Waals surface area (Å²) in [6, 6.07) is 5.09. The minimum Gasteiger partial charge on any atom is -0.371 e. The van der Waals surface area contributed by atoms with E-state index in [-0.39, 0.29) is 0 Å². The Hall–Kier alpha value is -2.68. The highest BCUT2D eigenvalue weighted by atomic mass is 19.1. The van der Waals surface area contributed by atoms with E-state index in [2.05, 4.69) is 84.9 Å². The van der Waals surface area contributed by atoms with Gasteiger partial charge in [0.2, 0.25) is 0 Å². The molecule has 2 rings (SSSR count). The maximum atomic E-state index is 13.6. The second kappa shape index (κ2) is 14.6. The molecule has 0 aromatic heterocycles. The molecule has 0 amide bonds. The van der Waals surface area contributed by atoms with Crippen LogP contribution in [0.5, 0.6) is 0 Å². The molecule has 0 saturated heterocycles. The first-order valence-electron chi connectivity index (χ1n) is 14.9. The molecule has 0 heterocycles. The molecule has 2 nitrogen and oxygen atoms in total. The molecular weight excluding hydrogens is 479 g/mol. The van der Waals surface area contributed by atoms with Crippen molar-refractivity contribution < 1.29 is 4.39 Å². The summed E-state index contributed by atoms with van der Waals surface area (Å²) >= 11 is 0. The van der Waals surface area contributed by atoms with Crippen LogP contribution in [-0.2, 0) is 6.42 Å². The third kappa shape index (κ3) is 8.16. The lowest BCUT2D eigenvalue weighted by atomic mass is 9.70. The fourth-order valence-electron chi connectivity index (χ4n) is 5.34. The minimum absolute atomic E-state index is 0.563. The highest BCUT2D eigenvalue weighted by molar-refractivity contribution is 6.01. The van der Waals surface area contributed by atoms with Crippen LogP contribution in [0.25, 0.3) is 5.70 Å². The molecule has 0 bridgehead atoms. The molecule has 4 atom stereocenters. The summed E-state index contributed by atoms with van der Waals surface area (Å²) in [6.07, 6.45) is 10.5. The van der Waals surface area contributed by atoms with Gasteiger partial charge in [0.15, 0.2) is 0 Å². The van der Waals surface area contributed by atoms with Crippen LogP contribution in [0.2, 0.25) is 0 Å². The van der Waals surface area contributed by atoms with Crippen LogP contribution < -0.4 is 0 Å². The van der Waals surface area contributed by atoms with Gasteiger partial charge in [-0.25, -0.2) is 4.39 Å². The van der Waals surface area contributed by atoms with Gasteiger partial charge in [0.25, 0.3) is 0 Å². The van der Waals surface area contributed by atoms with Crippen molar-refractivity contribution in [2.24, 2.45) is 16.8 Å². The van der Waals surface area contributed by atoms with Gasteiger partial charge >= 0.3 is 0 Å². The lowest BCUT2D eigenvalue weighted by Crippen LogP contribution is -2.46. The first-order chi connectivity index (χ1) is 18.4. The summed E-state index contributed by atoms with van der Waals surface area (Å²) in [5.41, 5.74) is 10.6. The van der Waals surface area contributed by atoms with E-state index < -0.39 is 6.17 Å². The van der Waals surface area contributed by atoms with Crippen molar-refractivity contribution in [1.82, 2.24) is 4.90 Å². The quantitative estimate of drug-likeness (QED) is 0.182. The molecule has 39 heavy (non-hydrogen) atoms. The van der Waals surface area contributed by atoms with Crippen LogP contribution in [0.4, 0.5) is 10.1 Å². The predicted octanol–water partition coefficient (Wildman–Crippen LogP) is 10.5. The number of allylic oxidation sites excluding steroid dienone is 7. The van der Waals surface area contributed by atoms with Crippen molar-refractivity contribution in [3.63, 3.8) is 0 Å². The Morgan fingerprint density at radius 1 is 1.10 bits per heavy atom. The lowest BCUT2D eigenvalue weighted by molar-refractivity contribution is 0.0833. The second-order valence-corrected chi connectivity index (χ2v) is 11.6. The van der Waals surface area contributed by atoms with Crippen LogP contribution >= 0.6 is 0 Å². The summed E-state index contributed by atoms with van der Waals surface area (Å²) in [6.45, 7) is 27.4. The van der Waals surface area contributed by atoms with E-state index in [4.69, 9.17) is 4.99 Å². The van der Waals surface area contributed by atoms with Gasteiger partial charge in [-0.3, -0.25) is 4.99 Å². The van der Waals surface area contributed by atoms with E-state index in [1.54, 1.807) is 6.92 Å². The molecule has 1 saturated carbocycles. The molecule has 3 heteroatoms. The molecule has 1 aliphatic rings. The van der Waals surface area contributed by atoms with Crippen LogP contribution in [0.3, 0.4) is 0 Å². The van der Waals surface area contributed by atoms with E-state index in [0.29, 0.717) is 11.6 Å². The van der Waals surface area contributed by atoms with Gasteiger partial charge < -0.3 is 4.90 Å². The fraction of sp³-hybridized carbons (Fsp3) is 0.528. The zero-order valence-corrected chi connectivity index (χ0v) is 26.4. The van der Waals surface area contributed by atoms with Crippen LogP contribution in [-0.4, -0.2) is 29.9 Å². The standard InChI is InChI=1S/C36H53FN2/c1-13-24(6)33-18-19-36(33)39(12)29(11)32-21-30(14-2)27(9)35(22-32)38-34(15-3)26(8)20-31(23(4)5)17-16-25(7)28(10)37/h16-17,20-22,24,28,33,36H,4,11,13-15,18-19H2,1-3,5-10,12H3/b25-16+,26-20+,31-17-,38-34+/t24-,28?,33+,36+/m0/s1. The number of nitrogens with zero attached hydrogens (tertiary/aromatic N) is 2. The van der Waals surface area contributed by atoms with Gasteiger partial charge in [-0.05, 0) is 124 Å². The van der Waals surface area contributed by atoms with E-state index in [9.17, 15) is 4.39 Å². The summed E-state index contributed by atoms with van der Waals surface area (Å²) in [5.74, 6) is 1.48. The normalized spacial score (nSPS) is 20.4. The zero-order chi connectivity index (χ0) is 29.4. The van der Waals surface area contributed by atoms with Crippen molar-refractivity contribution >= 4 is 17.1 Å².